The van der Waals surface area contributed by atoms with Crippen molar-refractivity contribution >= 4 is 15.9 Å². The highest BCUT2D eigenvalue weighted by Gasteiger charge is 2.27. The van der Waals surface area contributed by atoms with Gasteiger partial charge in [0.25, 0.3) is 0 Å². The van der Waals surface area contributed by atoms with Crippen LogP contribution in [-0.4, -0.2) is 10.1 Å². The normalized spacial score (nSPS) is 15.8. The van der Waals surface area contributed by atoms with Gasteiger partial charge in [-0.05, 0) is 34.8 Å². The quantitative estimate of drug-likeness (QED) is 0.811. The van der Waals surface area contributed by atoms with Gasteiger partial charge >= 0.3 is 0 Å². The highest BCUT2D eigenvalue weighted by molar-refractivity contribution is 9.10. The number of aromatic nitrogens is 1. The molecular weight excluding hydrogens is 230 g/mol. The van der Waals surface area contributed by atoms with Gasteiger partial charge in [-0.2, -0.15) is 0 Å². The molecule has 0 bridgehead atoms. The molecular formula is C10H14BrNO. The van der Waals surface area contributed by atoms with Crippen molar-refractivity contribution in [3.63, 3.8) is 0 Å². The van der Waals surface area contributed by atoms with Crippen molar-refractivity contribution in [1.82, 2.24) is 4.98 Å². The summed E-state index contributed by atoms with van der Waals surface area (Å²) in [6, 6.07) is 3.73. The van der Waals surface area contributed by atoms with Crippen LogP contribution in [0.3, 0.4) is 0 Å². The molecule has 3 heteroatoms. The van der Waals surface area contributed by atoms with Crippen molar-refractivity contribution in [2.75, 3.05) is 0 Å². The van der Waals surface area contributed by atoms with Crippen molar-refractivity contribution in [2.24, 2.45) is 5.92 Å². The first-order valence-electron chi connectivity index (χ1n) is 4.29. The van der Waals surface area contributed by atoms with E-state index >= 15 is 0 Å². The topological polar surface area (TPSA) is 33.1 Å². The largest absolute Gasteiger partial charge is 0.385 e. The minimum Gasteiger partial charge on any atom is -0.385 e. The summed E-state index contributed by atoms with van der Waals surface area (Å²) in [6.07, 6.45) is 1.70. The first-order chi connectivity index (χ1) is 5.94. The Labute approximate surface area is 87.1 Å². The Balaban J connectivity index is 3.01. The second-order valence-corrected chi connectivity index (χ2v) is 4.48. The van der Waals surface area contributed by atoms with Gasteiger partial charge in [-0.1, -0.05) is 19.9 Å². The fraction of sp³-hybridized carbons (Fsp3) is 0.500. The van der Waals surface area contributed by atoms with Gasteiger partial charge in [0.1, 0.15) is 4.60 Å². The van der Waals surface area contributed by atoms with Gasteiger partial charge in [-0.3, -0.25) is 0 Å². The molecule has 0 saturated carbocycles. The van der Waals surface area contributed by atoms with Gasteiger partial charge in [0, 0.05) is 11.8 Å². The van der Waals surface area contributed by atoms with Crippen molar-refractivity contribution in [2.45, 2.75) is 26.4 Å². The highest BCUT2D eigenvalue weighted by atomic mass is 79.9. The summed E-state index contributed by atoms with van der Waals surface area (Å²) in [6.45, 7) is 5.78. The zero-order valence-corrected chi connectivity index (χ0v) is 9.67. The van der Waals surface area contributed by atoms with Crippen LogP contribution < -0.4 is 0 Å². The number of halogens is 1. The lowest BCUT2D eigenvalue weighted by Gasteiger charge is -2.27. The summed E-state index contributed by atoms with van der Waals surface area (Å²) < 4.78 is 0.788. The van der Waals surface area contributed by atoms with Crippen LogP contribution in [0.5, 0.6) is 0 Å². The smallest absolute Gasteiger partial charge is 0.106 e. The number of hydrogen-bond donors (Lipinski definition) is 1. The fourth-order valence-electron chi connectivity index (χ4n) is 1.01. The lowest BCUT2D eigenvalue weighted by atomic mass is 9.86. The molecule has 2 nitrogen and oxygen atoms in total. The van der Waals surface area contributed by atoms with Gasteiger partial charge in [0.15, 0.2) is 0 Å². The van der Waals surface area contributed by atoms with Crippen LogP contribution in [0, 0.1) is 5.92 Å². The van der Waals surface area contributed by atoms with Crippen molar-refractivity contribution in [1.29, 1.82) is 0 Å². The third-order valence-corrected chi connectivity index (χ3v) is 2.91. The number of hydrogen-bond acceptors (Lipinski definition) is 2. The zero-order valence-electron chi connectivity index (χ0n) is 8.08. The number of pyridine rings is 1. The summed E-state index contributed by atoms with van der Waals surface area (Å²) in [5.74, 6) is 0.176. The molecule has 0 aliphatic rings. The molecule has 0 radical (unpaired) electrons. The number of rotatable bonds is 2. The first kappa shape index (κ1) is 10.7. The van der Waals surface area contributed by atoms with Crippen molar-refractivity contribution in [3.8, 4) is 0 Å². The Morgan fingerprint density at radius 3 is 2.46 bits per heavy atom. The second kappa shape index (κ2) is 3.76. The van der Waals surface area contributed by atoms with Crippen LogP contribution in [0.1, 0.15) is 26.3 Å². The Hall–Kier alpha value is -0.410. The molecule has 1 aromatic heterocycles. The summed E-state index contributed by atoms with van der Waals surface area (Å²) in [5.41, 5.74) is 0.0546. The van der Waals surface area contributed by atoms with E-state index in [2.05, 4.69) is 20.9 Å². The maximum absolute atomic E-state index is 10.1. The Bertz CT molecular complexity index is 279. The molecule has 0 aliphatic carbocycles. The molecule has 0 spiro atoms. The van der Waals surface area contributed by atoms with Crippen LogP contribution in [0.25, 0.3) is 0 Å². The summed E-state index contributed by atoms with van der Waals surface area (Å²) in [5, 5.41) is 10.1. The maximum Gasteiger partial charge on any atom is 0.106 e. The molecule has 1 N–H and O–H groups in total. The van der Waals surface area contributed by atoms with Gasteiger partial charge in [0.2, 0.25) is 0 Å². The molecule has 0 aliphatic heterocycles. The molecule has 1 heterocycles. The SMILES string of the molecule is CC(C)C(C)(O)c1ccc(Br)nc1. The Morgan fingerprint density at radius 1 is 1.46 bits per heavy atom. The maximum atomic E-state index is 10.1. The van der Waals surface area contributed by atoms with E-state index in [0.717, 1.165) is 10.2 Å². The van der Waals surface area contributed by atoms with Crippen LogP contribution in [0.2, 0.25) is 0 Å². The highest BCUT2D eigenvalue weighted by Crippen LogP contribution is 2.28. The molecule has 0 fully saturated rings. The summed E-state index contributed by atoms with van der Waals surface area (Å²) in [7, 11) is 0. The predicted molar refractivity (Wildman–Crippen MR) is 56.3 cm³/mol. The van der Waals surface area contributed by atoms with E-state index in [1.807, 2.05) is 32.9 Å². The molecule has 0 amide bonds. The van der Waals surface area contributed by atoms with Crippen LogP contribution in [-0.2, 0) is 5.60 Å². The van der Waals surface area contributed by atoms with Gasteiger partial charge < -0.3 is 5.11 Å². The monoisotopic (exact) mass is 243 g/mol. The van der Waals surface area contributed by atoms with Crippen molar-refractivity contribution in [3.05, 3.63) is 28.5 Å². The average molecular weight is 244 g/mol. The lowest BCUT2D eigenvalue weighted by molar-refractivity contribution is 0.00871. The lowest BCUT2D eigenvalue weighted by Crippen LogP contribution is -2.27. The van der Waals surface area contributed by atoms with Gasteiger partial charge in [-0.25, -0.2) is 4.98 Å². The fourth-order valence-corrected chi connectivity index (χ4v) is 1.24. The molecule has 1 atom stereocenters. The third-order valence-electron chi connectivity index (χ3n) is 2.44. The van der Waals surface area contributed by atoms with E-state index < -0.39 is 5.60 Å². The Kier molecular flexibility index (Phi) is 3.09. The number of aliphatic hydroxyl groups is 1. The standard InChI is InChI=1S/C10H14BrNO/c1-7(2)10(3,13)8-4-5-9(11)12-6-8/h4-7,13H,1-3H3. The van der Waals surface area contributed by atoms with Gasteiger partial charge in [-0.15, -0.1) is 0 Å². The van der Waals surface area contributed by atoms with Crippen LogP contribution >= 0.6 is 15.9 Å². The van der Waals surface area contributed by atoms with E-state index in [-0.39, 0.29) is 5.92 Å². The Morgan fingerprint density at radius 2 is 2.08 bits per heavy atom. The van der Waals surface area contributed by atoms with E-state index in [9.17, 15) is 5.11 Å². The zero-order chi connectivity index (χ0) is 10.1. The molecule has 0 saturated heterocycles. The molecule has 72 valence electrons. The summed E-state index contributed by atoms with van der Waals surface area (Å²) >= 11 is 3.26. The second-order valence-electron chi connectivity index (χ2n) is 3.67. The molecule has 13 heavy (non-hydrogen) atoms. The first-order valence-corrected chi connectivity index (χ1v) is 5.08. The third kappa shape index (κ3) is 2.29. The molecule has 0 aromatic carbocycles. The van der Waals surface area contributed by atoms with E-state index in [1.54, 1.807) is 6.20 Å². The van der Waals surface area contributed by atoms with Crippen molar-refractivity contribution < 1.29 is 5.11 Å². The molecule has 1 unspecified atom stereocenters. The van der Waals surface area contributed by atoms with E-state index in [4.69, 9.17) is 0 Å². The predicted octanol–water partition coefficient (Wildman–Crippen LogP) is 2.71. The van der Waals surface area contributed by atoms with E-state index in [0.29, 0.717) is 0 Å². The molecule has 1 aromatic rings. The minimum atomic E-state index is -0.798. The average Bonchev–Trinajstić information content (AvgIpc) is 2.04. The number of nitrogens with zero attached hydrogens (tertiary/aromatic N) is 1. The van der Waals surface area contributed by atoms with Gasteiger partial charge in [0.05, 0.1) is 5.60 Å². The van der Waals surface area contributed by atoms with Crippen LogP contribution in [0.4, 0.5) is 0 Å². The molecule has 1 rings (SSSR count). The summed E-state index contributed by atoms with van der Waals surface area (Å²) in [4.78, 5) is 4.08. The minimum absolute atomic E-state index is 0.176. The van der Waals surface area contributed by atoms with Crippen LogP contribution in [0.15, 0.2) is 22.9 Å². The van der Waals surface area contributed by atoms with E-state index in [1.165, 1.54) is 0 Å².